The number of rotatable bonds is 20. The molecule has 0 radical (unpaired) electrons. The maximum atomic E-state index is 3.57. The van der Waals surface area contributed by atoms with E-state index in [9.17, 15) is 0 Å². The fourth-order valence-electron chi connectivity index (χ4n) is 4.43. The van der Waals surface area contributed by atoms with Crippen molar-refractivity contribution in [1.82, 2.24) is 0 Å². The number of halogens is 1. The van der Waals surface area contributed by atoms with E-state index in [1.165, 1.54) is 120 Å². The van der Waals surface area contributed by atoms with E-state index in [4.69, 9.17) is 0 Å². The minimum absolute atomic E-state index is 0. The molecule has 2 rings (SSSR count). The van der Waals surface area contributed by atoms with Crippen LogP contribution in [-0.4, -0.2) is 6.54 Å². The van der Waals surface area contributed by atoms with Gasteiger partial charge in [-0.2, -0.15) is 0 Å². The Morgan fingerprint density at radius 1 is 0.571 bits per heavy atom. The van der Waals surface area contributed by atoms with Crippen LogP contribution in [0, 0.1) is 0 Å². The van der Waals surface area contributed by atoms with Crippen molar-refractivity contribution in [3.63, 3.8) is 0 Å². The molecule has 35 heavy (non-hydrogen) atoms. The second kappa shape index (κ2) is 21.9. The number of hydrogen-bond acceptors (Lipinski definition) is 1. The zero-order valence-corrected chi connectivity index (χ0v) is 24.8. The SMILES string of the molecule is CCCCCCCCCCCCCCCCCCNc1ccc(/C=C/c2cc[n+](C)cc2)cc1.[I-]. The quantitative estimate of drug-likeness (QED) is 0.108. The molecule has 0 bridgehead atoms. The molecule has 0 amide bonds. The van der Waals surface area contributed by atoms with Crippen molar-refractivity contribution in [3.05, 3.63) is 59.9 Å². The van der Waals surface area contributed by atoms with Gasteiger partial charge in [-0.3, -0.25) is 0 Å². The highest BCUT2D eigenvalue weighted by molar-refractivity contribution is 5.70. The largest absolute Gasteiger partial charge is 1.00 e. The lowest BCUT2D eigenvalue weighted by Gasteiger charge is -2.07. The Bertz CT molecular complexity index is 752. The minimum Gasteiger partial charge on any atom is -1.00 e. The van der Waals surface area contributed by atoms with Crippen LogP contribution in [0.5, 0.6) is 0 Å². The smallest absolute Gasteiger partial charge is 0.169 e. The van der Waals surface area contributed by atoms with Crippen LogP contribution in [0.2, 0.25) is 0 Å². The molecule has 1 aromatic carbocycles. The molecule has 0 fully saturated rings. The predicted molar refractivity (Wildman–Crippen MR) is 151 cm³/mol. The van der Waals surface area contributed by atoms with Gasteiger partial charge in [-0.25, -0.2) is 4.57 Å². The average Bonchev–Trinajstić information content (AvgIpc) is 2.86. The predicted octanol–water partition coefficient (Wildman–Crippen LogP) is 6.36. The number of hydrogen-bond donors (Lipinski definition) is 1. The maximum Gasteiger partial charge on any atom is 0.169 e. The summed E-state index contributed by atoms with van der Waals surface area (Å²) in [6.07, 6.45) is 31.2. The minimum atomic E-state index is 0. The number of pyridine rings is 1. The fraction of sp³-hybridized carbons (Fsp3) is 0.594. The fourth-order valence-corrected chi connectivity index (χ4v) is 4.43. The molecule has 0 saturated carbocycles. The first-order valence-electron chi connectivity index (χ1n) is 14.3. The number of nitrogens with zero attached hydrogens (tertiary/aromatic N) is 1. The van der Waals surface area contributed by atoms with Crippen molar-refractivity contribution in [2.75, 3.05) is 11.9 Å². The van der Waals surface area contributed by atoms with E-state index in [1.807, 2.05) is 7.05 Å². The van der Waals surface area contributed by atoms with Crippen molar-refractivity contribution in [2.24, 2.45) is 7.05 Å². The lowest BCUT2D eigenvalue weighted by Crippen LogP contribution is -3.00. The number of benzene rings is 1. The molecule has 0 aliphatic heterocycles. The highest BCUT2D eigenvalue weighted by atomic mass is 127. The summed E-state index contributed by atoms with van der Waals surface area (Å²) in [5.74, 6) is 0. The monoisotopic (exact) mass is 590 g/mol. The second-order valence-electron chi connectivity index (χ2n) is 9.98. The third-order valence-corrected chi connectivity index (χ3v) is 6.74. The van der Waals surface area contributed by atoms with Gasteiger partial charge in [0.25, 0.3) is 0 Å². The van der Waals surface area contributed by atoms with E-state index in [-0.39, 0.29) is 24.0 Å². The van der Waals surface area contributed by atoms with Gasteiger partial charge in [-0.15, -0.1) is 0 Å². The summed E-state index contributed by atoms with van der Waals surface area (Å²) in [4.78, 5) is 0. The van der Waals surface area contributed by atoms with Gasteiger partial charge in [0.15, 0.2) is 12.4 Å². The topological polar surface area (TPSA) is 15.9 Å². The summed E-state index contributed by atoms with van der Waals surface area (Å²) in [7, 11) is 2.04. The second-order valence-corrected chi connectivity index (χ2v) is 9.98. The Hall–Kier alpha value is -1.36. The van der Waals surface area contributed by atoms with Gasteiger partial charge in [0.1, 0.15) is 7.05 Å². The molecule has 2 nitrogen and oxygen atoms in total. The molecular formula is C32H51IN2. The van der Waals surface area contributed by atoms with E-state index in [2.05, 4.69) is 77.8 Å². The highest BCUT2D eigenvalue weighted by Gasteiger charge is 1.96. The van der Waals surface area contributed by atoms with E-state index in [1.54, 1.807) is 0 Å². The lowest BCUT2D eigenvalue weighted by atomic mass is 10.0. The third-order valence-electron chi connectivity index (χ3n) is 6.74. The first kappa shape index (κ1) is 31.7. The van der Waals surface area contributed by atoms with Gasteiger partial charge < -0.3 is 29.3 Å². The standard InChI is InChI=1S/C32H50N2.HI/c1-3-4-5-6-7-8-9-10-11-12-13-14-15-16-17-18-27-33-32-23-21-30(22-24-32)19-20-31-25-28-34(2)29-26-31;/h19-26,28-29H,3-18,27H2,1-2H3;1H. The van der Waals surface area contributed by atoms with E-state index in [0.717, 1.165) is 6.54 Å². The number of aromatic nitrogens is 1. The van der Waals surface area contributed by atoms with Crippen LogP contribution in [-0.2, 0) is 7.05 Å². The highest BCUT2D eigenvalue weighted by Crippen LogP contribution is 2.15. The molecule has 0 spiro atoms. The first-order chi connectivity index (χ1) is 16.8. The van der Waals surface area contributed by atoms with Crippen LogP contribution in [0.25, 0.3) is 12.2 Å². The van der Waals surface area contributed by atoms with E-state index in [0.29, 0.717) is 0 Å². The lowest BCUT2D eigenvalue weighted by molar-refractivity contribution is -0.671. The Labute approximate surface area is 234 Å². The zero-order chi connectivity index (χ0) is 24.1. The summed E-state index contributed by atoms with van der Waals surface area (Å²) in [5.41, 5.74) is 3.69. The van der Waals surface area contributed by atoms with Crippen molar-refractivity contribution in [2.45, 2.75) is 110 Å². The van der Waals surface area contributed by atoms with Crippen molar-refractivity contribution >= 4 is 17.8 Å². The summed E-state index contributed by atoms with van der Waals surface area (Å²) < 4.78 is 2.05. The molecule has 0 saturated heterocycles. The van der Waals surface area contributed by atoms with Gasteiger partial charge in [0, 0.05) is 24.4 Å². The number of nitrogens with one attached hydrogen (secondary N) is 1. The molecule has 1 aromatic heterocycles. The van der Waals surface area contributed by atoms with Crippen molar-refractivity contribution in [1.29, 1.82) is 0 Å². The van der Waals surface area contributed by atoms with Crippen molar-refractivity contribution < 1.29 is 28.5 Å². The maximum absolute atomic E-state index is 3.57. The van der Waals surface area contributed by atoms with Crippen LogP contribution in [0.3, 0.4) is 0 Å². The molecule has 0 aliphatic carbocycles. The van der Waals surface area contributed by atoms with E-state index < -0.39 is 0 Å². The molecule has 2 aromatic rings. The average molecular weight is 591 g/mol. The summed E-state index contributed by atoms with van der Waals surface area (Å²) in [6, 6.07) is 13.0. The molecular weight excluding hydrogens is 539 g/mol. The van der Waals surface area contributed by atoms with Gasteiger partial charge in [-0.05, 0) is 29.7 Å². The summed E-state index contributed by atoms with van der Waals surface area (Å²) >= 11 is 0. The van der Waals surface area contributed by atoms with Crippen LogP contribution in [0.15, 0.2) is 48.8 Å². The number of unbranched alkanes of at least 4 members (excludes halogenated alkanes) is 15. The summed E-state index contributed by atoms with van der Waals surface area (Å²) in [6.45, 7) is 3.37. The Balaban J connectivity index is 0.00000612. The van der Waals surface area contributed by atoms with Crippen LogP contribution >= 0.6 is 0 Å². The van der Waals surface area contributed by atoms with Crippen LogP contribution in [0.1, 0.15) is 121 Å². The van der Waals surface area contributed by atoms with Gasteiger partial charge in [0.2, 0.25) is 0 Å². The summed E-state index contributed by atoms with van der Waals surface area (Å²) in [5, 5.41) is 3.57. The first-order valence-corrected chi connectivity index (χ1v) is 14.3. The zero-order valence-electron chi connectivity index (χ0n) is 22.6. The van der Waals surface area contributed by atoms with Gasteiger partial charge in [-0.1, -0.05) is 128 Å². The molecule has 1 heterocycles. The number of anilines is 1. The molecule has 1 N–H and O–H groups in total. The van der Waals surface area contributed by atoms with E-state index >= 15 is 0 Å². The van der Waals surface area contributed by atoms with Crippen LogP contribution < -0.4 is 33.9 Å². The Morgan fingerprint density at radius 2 is 0.971 bits per heavy atom. The van der Waals surface area contributed by atoms with Gasteiger partial charge >= 0.3 is 0 Å². The Kier molecular flexibility index (Phi) is 19.8. The van der Waals surface area contributed by atoms with Crippen molar-refractivity contribution in [3.8, 4) is 0 Å². The Morgan fingerprint density at radius 3 is 1.43 bits per heavy atom. The molecule has 0 atom stereocenters. The third kappa shape index (κ3) is 16.9. The molecule has 3 heteroatoms. The normalized spacial score (nSPS) is 11.0. The van der Waals surface area contributed by atoms with Gasteiger partial charge in [0.05, 0.1) is 0 Å². The van der Waals surface area contributed by atoms with Crippen LogP contribution in [0.4, 0.5) is 5.69 Å². The molecule has 0 unspecified atom stereocenters. The number of aryl methyl sites for hydroxylation is 1. The molecule has 0 aliphatic rings. The molecule has 196 valence electrons.